The smallest absolute Gasteiger partial charge is 0.338 e. The van der Waals surface area contributed by atoms with E-state index in [2.05, 4.69) is 0 Å². The zero-order valence-electron chi connectivity index (χ0n) is 13.4. The van der Waals surface area contributed by atoms with E-state index in [-0.39, 0.29) is 19.0 Å². The summed E-state index contributed by atoms with van der Waals surface area (Å²) >= 11 is 1.08. The molecule has 0 saturated carbocycles. The van der Waals surface area contributed by atoms with Crippen LogP contribution < -0.4 is 0 Å². The second-order valence-electron chi connectivity index (χ2n) is 5.75. The highest BCUT2D eigenvalue weighted by Crippen LogP contribution is 2.42. The lowest BCUT2D eigenvalue weighted by atomic mass is 10.1. The predicted molar refractivity (Wildman–Crippen MR) is 92.9 cm³/mol. The van der Waals surface area contributed by atoms with Crippen molar-refractivity contribution >= 4 is 17.7 Å². The Labute approximate surface area is 149 Å². The Morgan fingerprint density at radius 1 is 1.08 bits per heavy atom. The van der Waals surface area contributed by atoms with Crippen molar-refractivity contribution in [1.29, 1.82) is 0 Å². The van der Waals surface area contributed by atoms with Crippen LogP contribution in [0.1, 0.15) is 15.9 Å². The standard InChI is InChI=1S/C19H18F2O3S/c20-19(21)16(23-11-14-7-3-1-4-8-14)13-25-17(19)12-24-18(22)15-9-5-2-6-10-15/h1-10,16-17H,11-13H2/t16-,17+/m1/s1. The molecule has 0 aromatic heterocycles. The SMILES string of the molecule is O=C(OC[C@@H]1SC[C@@H](OCc2ccccc2)C1(F)F)c1ccccc1. The molecule has 0 amide bonds. The number of esters is 1. The fraction of sp³-hybridized carbons (Fsp3) is 0.316. The molecule has 1 fully saturated rings. The number of thioether (sulfide) groups is 1. The highest BCUT2D eigenvalue weighted by atomic mass is 32.2. The van der Waals surface area contributed by atoms with Crippen molar-refractivity contribution in [3.8, 4) is 0 Å². The number of rotatable bonds is 6. The maximum Gasteiger partial charge on any atom is 0.338 e. The number of hydrogen-bond acceptors (Lipinski definition) is 4. The van der Waals surface area contributed by atoms with Crippen LogP contribution in [0.2, 0.25) is 0 Å². The largest absolute Gasteiger partial charge is 0.461 e. The number of alkyl halides is 2. The second kappa shape index (κ2) is 7.97. The topological polar surface area (TPSA) is 35.5 Å². The molecule has 0 N–H and O–H groups in total. The minimum Gasteiger partial charge on any atom is -0.461 e. The first-order valence-electron chi connectivity index (χ1n) is 7.94. The molecule has 1 aliphatic rings. The fourth-order valence-corrected chi connectivity index (χ4v) is 3.80. The van der Waals surface area contributed by atoms with Gasteiger partial charge in [0, 0.05) is 5.75 Å². The average Bonchev–Trinajstić information content (AvgIpc) is 2.93. The predicted octanol–water partition coefficient (Wildman–Crippen LogP) is 4.18. The van der Waals surface area contributed by atoms with Gasteiger partial charge >= 0.3 is 5.97 Å². The summed E-state index contributed by atoms with van der Waals surface area (Å²) in [6.07, 6.45) is -1.18. The summed E-state index contributed by atoms with van der Waals surface area (Å²) < 4.78 is 39.5. The maximum absolute atomic E-state index is 14.5. The van der Waals surface area contributed by atoms with E-state index < -0.39 is 23.2 Å². The number of hydrogen-bond donors (Lipinski definition) is 0. The van der Waals surface area contributed by atoms with Crippen molar-refractivity contribution in [3.05, 3.63) is 71.8 Å². The highest BCUT2D eigenvalue weighted by molar-refractivity contribution is 8.00. The lowest BCUT2D eigenvalue weighted by Crippen LogP contribution is -2.41. The van der Waals surface area contributed by atoms with Crippen LogP contribution in [0.3, 0.4) is 0 Å². The quantitative estimate of drug-likeness (QED) is 0.721. The van der Waals surface area contributed by atoms with Crippen LogP contribution >= 0.6 is 11.8 Å². The van der Waals surface area contributed by atoms with E-state index in [0.29, 0.717) is 5.56 Å². The van der Waals surface area contributed by atoms with Gasteiger partial charge < -0.3 is 9.47 Å². The van der Waals surface area contributed by atoms with E-state index in [0.717, 1.165) is 17.3 Å². The van der Waals surface area contributed by atoms with Crippen LogP contribution in [-0.4, -0.2) is 35.6 Å². The highest BCUT2D eigenvalue weighted by Gasteiger charge is 2.54. The Morgan fingerprint density at radius 3 is 2.40 bits per heavy atom. The monoisotopic (exact) mass is 364 g/mol. The molecule has 1 saturated heterocycles. The summed E-state index contributed by atoms with van der Waals surface area (Å²) in [5.41, 5.74) is 1.20. The molecule has 1 heterocycles. The molecule has 0 bridgehead atoms. The summed E-state index contributed by atoms with van der Waals surface area (Å²) in [5, 5.41) is -1.10. The third-order valence-electron chi connectivity index (χ3n) is 3.98. The first kappa shape index (κ1) is 17.9. The van der Waals surface area contributed by atoms with Gasteiger partial charge in [0.1, 0.15) is 18.0 Å². The third kappa shape index (κ3) is 4.38. The third-order valence-corrected chi connectivity index (χ3v) is 5.32. The van der Waals surface area contributed by atoms with Crippen LogP contribution in [0.5, 0.6) is 0 Å². The van der Waals surface area contributed by atoms with Crippen LogP contribution in [0.15, 0.2) is 60.7 Å². The Kier molecular flexibility index (Phi) is 5.71. The first-order chi connectivity index (χ1) is 12.1. The van der Waals surface area contributed by atoms with Crippen LogP contribution in [0.25, 0.3) is 0 Å². The minimum absolute atomic E-state index is 0.137. The Balaban J connectivity index is 1.52. The van der Waals surface area contributed by atoms with Gasteiger partial charge in [0.05, 0.1) is 12.2 Å². The lowest BCUT2D eigenvalue weighted by molar-refractivity contribution is -0.129. The molecule has 0 spiro atoms. The Bertz CT molecular complexity index is 694. The van der Waals surface area contributed by atoms with Crippen molar-refractivity contribution < 1.29 is 23.0 Å². The van der Waals surface area contributed by atoms with E-state index in [9.17, 15) is 13.6 Å². The minimum atomic E-state index is -3.05. The van der Waals surface area contributed by atoms with Gasteiger partial charge in [-0.1, -0.05) is 48.5 Å². The van der Waals surface area contributed by atoms with Gasteiger partial charge in [-0.25, -0.2) is 13.6 Å². The summed E-state index contributed by atoms with van der Waals surface area (Å²) in [6, 6.07) is 17.6. The molecule has 3 nitrogen and oxygen atoms in total. The maximum atomic E-state index is 14.5. The lowest BCUT2D eigenvalue weighted by Gasteiger charge is -2.23. The number of halogens is 2. The van der Waals surface area contributed by atoms with Crippen molar-refractivity contribution in [2.45, 2.75) is 23.9 Å². The molecule has 6 heteroatoms. The van der Waals surface area contributed by atoms with Crippen LogP contribution in [0.4, 0.5) is 8.78 Å². The molecule has 25 heavy (non-hydrogen) atoms. The van der Waals surface area contributed by atoms with Gasteiger partial charge in [-0.05, 0) is 17.7 Å². The molecule has 0 radical (unpaired) electrons. The van der Waals surface area contributed by atoms with E-state index in [4.69, 9.17) is 9.47 Å². The molecular formula is C19H18F2O3S. The summed E-state index contributed by atoms with van der Waals surface area (Å²) in [6.45, 7) is -0.200. The molecule has 3 rings (SSSR count). The Morgan fingerprint density at radius 2 is 1.72 bits per heavy atom. The summed E-state index contributed by atoms with van der Waals surface area (Å²) in [7, 11) is 0. The average molecular weight is 364 g/mol. The molecule has 0 aliphatic carbocycles. The summed E-state index contributed by atoms with van der Waals surface area (Å²) in [4.78, 5) is 11.9. The van der Waals surface area contributed by atoms with Gasteiger partial charge in [0.25, 0.3) is 5.92 Å². The Hall–Kier alpha value is -1.92. The van der Waals surface area contributed by atoms with Gasteiger partial charge in [-0.2, -0.15) is 0 Å². The zero-order valence-corrected chi connectivity index (χ0v) is 14.3. The number of benzene rings is 2. The molecule has 2 aromatic carbocycles. The van der Waals surface area contributed by atoms with E-state index in [1.165, 1.54) is 0 Å². The number of carbonyl (C=O) groups excluding carboxylic acids is 1. The van der Waals surface area contributed by atoms with Crippen molar-refractivity contribution in [1.82, 2.24) is 0 Å². The molecule has 0 unspecified atom stereocenters. The van der Waals surface area contributed by atoms with Gasteiger partial charge in [0.15, 0.2) is 0 Å². The normalized spacial score (nSPS) is 21.8. The van der Waals surface area contributed by atoms with Crippen LogP contribution in [-0.2, 0) is 16.1 Å². The number of carbonyl (C=O) groups is 1. The van der Waals surface area contributed by atoms with Crippen molar-refractivity contribution in [2.24, 2.45) is 0 Å². The molecular weight excluding hydrogens is 346 g/mol. The number of ether oxygens (including phenoxy) is 2. The molecule has 1 aliphatic heterocycles. The van der Waals surface area contributed by atoms with E-state index in [1.807, 2.05) is 30.3 Å². The van der Waals surface area contributed by atoms with E-state index >= 15 is 0 Å². The summed E-state index contributed by atoms with van der Waals surface area (Å²) in [5.74, 6) is -3.46. The zero-order chi connectivity index (χ0) is 17.7. The van der Waals surface area contributed by atoms with Gasteiger partial charge in [0.2, 0.25) is 0 Å². The van der Waals surface area contributed by atoms with Crippen molar-refractivity contribution in [3.63, 3.8) is 0 Å². The van der Waals surface area contributed by atoms with Gasteiger partial charge in [-0.15, -0.1) is 11.8 Å². The first-order valence-corrected chi connectivity index (χ1v) is 8.99. The second-order valence-corrected chi connectivity index (χ2v) is 6.98. The van der Waals surface area contributed by atoms with Crippen molar-refractivity contribution in [2.75, 3.05) is 12.4 Å². The van der Waals surface area contributed by atoms with Gasteiger partial charge in [-0.3, -0.25) is 0 Å². The molecule has 132 valence electrons. The molecule has 2 aromatic rings. The van der Waals surface area contributed by atoms with E-state index in [1.54, 1.807) is 30.3 Å². The fourth-order valence-electron chi connectivity index (χ4n) is 2.53. The van der Waals surface area contributed by atoms with Crippen LogP contribution in [0, 0.1) is 0 Å². The molecule has 2 atom stereocenters.